The molecule has 1 unspecified atom stereocenters. The number of nitrogens with one attached hydrogen (secondary N) is 1. The van der Waals surface area contributed by atoms with E-state index in [0.717, 1.165) is 25.2 Å². The minimum atomic E-state index is -0.472. The number of rotatable bonds is 3. The molecule has 1 heterocycles. The largest absolute Gasteiger partial charge is 0.444 e. The zero-order valence-electron chi connectivity index (χ0n) is 12.9. The maximum absolute atomic E-state index is 12.9. The maximum Gasteiger partial charge on any atom is 0.407 e. The molecule has 0 bridgehead atoms. The molecule has 1 aliphatic rings. The molecule has 0 aliphatic carbocycles. The van der Waals surface area contributed by atoms with Crippen LogP contribution in [0, 0.1) is 11.7 Å². The van der Waals surface area contributed by atoms with Gasteiger partial charge in [-0.3, -0.25) is 0 Å². The highest BCUT2D eigenvalue weighted by Gasteiger charge is 2.24. The van der Waals surface area contributed by atoms with Crippen molar-refractivity contribution in [3.63, 3.8) is 0 Å². The lowest BCUT2D eigenvalue weighted by molar-refractivity contribution is 0.0520. The van der Waals surface area contributed by atoms with E-state index in [2.05, 4.69) is 10.2 Å². The van der Waals surface area contributed by atoms with Crippen LogP contribution in [0.25, 0.3) is 0 Å². The van der Waals surface area contributed by atoms with Gasteiger partial charge in [0, 0.05) is 25.3 Å². The van der Waals surface area contributed by atoms with Crippen LogP contribution >= 0.6 is 0 Å². The zero-order chi connectivity index (χ0) is 15.5. The van der Waals surface area contributed by atoms with Crippen molar-refractivity contribution in [2.45, 2.75) is 32.8 Å². The van der Waals surface area contributed by atoms with Gasteiger partial charge in [0.05, 0.1) is 0 Å². The Hall–Kier alpha value is -1.78. The number of benzene rings is 1. The molecule has 1 amide bonds. The Morgan fingerprint density at radius 1 is 1.38 bits per heavy atom. The van der Waals surface area contributed by atoms with Gasteiger partial charge in [-0.15, -0.1) is 0 Å². The van der Waals surface area contributed by atoms with Gasteiger partial charge >= 0.3 is 6.09 Å². The molecule has 116 valence electrons. The number of anilines is 1. The second kappa shape index (κ2) is 6.33. The van der Waals surface area contributed by atoms with Crippen molar-refractivity contribution in [3.05, 3.63) is 30.1 Å². The van der Waals surface area contributed by atoms with Crippen molar-refractivity contribution in [1.29, 1.82) is 0 Å². The third kappa shape index (κ3) is 4.92. The third-order valence-electron chi connectivity index (χ3n) is 3.41. The Balaban J connectivity index is 1.78. The number of carbonyl (C=O) groups is 1. The first-order chi connectivity index (χ1) is 9.83. The fourth-order valence-corrected chi connectivity index (χ4v) is 2.43. The van der Waals surface area contributed by atoms with E-state index in [0.29, 0.717) is 12.5 Å². The number of carbonyl (C=O) groups excluding carboxylic acids is 1. The van der Waals surface area contributed by atoms with Gasteiger partial charge in [0.15, 0.2) is 0 Å². The third-order valence-corrected chi connectivity index (χ3v) is 3.41. The van der Waals surface area contributed by atoms with Gasteiger partial charge in [-0.2, -0.15) is 0 Å². The molecule has 1 aliphatic heterocycles. The molecule has 1 aromatic rings. The first-order valence-corrected chi connectivity index (χ1v) is 7.31. The van der Waals surface area contributed by atoms with Gasteiger partial charge in [0.1, 0.15) is 11.4 Å². The fraction of sp³-hybridized carbons (Fsp3) is 0.562. The summed E-state index contributed by atoms with van der Waals surface area (Å²) in [4.78, 5) is 13.8. The highest BCUT2D eigenvalue weighted by molar-refractivity contribution is 5.67. The van der Waals surface area contributed by atoms with Gasteiger partial charge in [-0.1, -0.05) is 0 Å². The normalized spacial score (nSPS) is 18.7. The number of amides is 1. The maximum atomic E-state index is 12.9. The second-order valence-electron chi connectivity index (χ2n) is 6.46. The van der Waals surface area contributed by atoms with Crippen LogP contribution in [-0.2, 0) is 4.74 Å². The number of hydrogen-bond donors (Lipinski definition) is 1. The average molecular weight is 294 g/mol. The minimum absolute atomic E-state index is 0.221. The van der Waals surface area contributed by atoms with Crippen LogP contribution in [0.1, 0.15) is 27.2 Å². The summed E-state index contributed by atoms with van der Waals surface area (Å²) in [7, 11) is 0. The van der Waals surface area contributed by atoms with Crippen LogP contribution in [0.3, 0.4) is 0 Å². The number of halogens is 1. The van der Waals surface area contributed by atoms with Crippen molar-refractivity contribution in [1.82, 2.24) is 5.32 Å². The van der Waals surface area contributed by atoms with E-state index in [4.69, 9.17) is 4.74 Å². The molecule has 0 aromatic heterocycles. The molecule has 2 rings (SSSR count). The van der Waals surface area contributed by atoms with Gasteiger partial charge < -0.3 is 15.0 Å². The lowest BCUT2D eigenvalue weighted by atomic mass is 10.1. The lowest BCUT2D eigenvalue weighted by Crippen LogP contribution is -2.36. The highest BCUT2D eigenvalue weighted by Crippen LogP contribution is 2.23. The molecule has 1 N–H and O–H groups in total. The summed E-state index contributed by atoms with van der Waals surface area (Å²) in [6.45, 7) is 7.93. The predicted molar refractivity (Wildman–Crippen MR) is 81.0 cm³/mol. The summed E-state index contributed by atoms with van der Waals surface area (Å²) < 4.78 is 18.1. The van der Waals surface area contributed by atoms with Crippen LogP contribution in [0.4, 0.5) is 14.9 Å². The van der Waals surface area contributed by atoms with Crippen molar-refractivity contribution in [2.24, 2.45) is 5.92 Å². The molecule has 0 spiro atoms. The summed E-state index contributed by atoms with van der Waals surface area (Å²) in [6, 6.07) is 6.53. The molecule has 1 saturated heterocycles. The second-order valence-corrected chi connectivity index (χ2v) is 6.46. The fourth-order valence-electron chi connectivity index (χ4n) is 2.43. The molecule has 5 heteroatoms. The average Bonchev–Trinajstić information content (AvgIpc) is 2.84. The summed E-state index contributed by atoms with van der Waals surface area (Å²) in [6.07, 6.45) is 0.635. The summed E-state index contributed by atoms with van der Waals surface area (Å²) in [5.41, 5.74) is 0.552. The summed E-state index contributed by atoms with van der Waals surface area (Å²) >= 11 is 0. The van der Waals surface area contributed by atoms with E-state index in [9.17, 15) is 9.18 Å². The molecular formula is C16H23FN2O2. The van der Waals surface area contributed by atoms with Gasteiger partial charge in [-0.05, 0) is 57.4 Å². The Labute approximate surface area is 125 Å². The van der Waals surface area contributed by atoms with Crippen LogP contribution in [0.2, 0.25) is 0 Å². The first-order valence-electron chi connectivity index (χ1n) is 7.31. The molecule has 1 fully saturated rings. The number of hydrogen-bond acceptors (Lipinski definition) is 3. The van der Waals surface area contributed by atoms with Crippen molar-refractivity contribution in [3.8, 4) is 0 Å². The highest BCUT2D eigenvalue weighted by atomic mass is 19.1. The minimum Gasteiger partial charge on any atom is -0.444 e. The monoisotopic (exact) mass is 294 g/mol. The van der Waals surface area contributed by atoms with Crippen LogP contribution in [0.15, 0.2) is 24.3 Å². The van der Waals surface area contributed by atoms with Crippen molar-refractivity contribution >= 4 is 11.8 Å². The first kappa shape index (κ1) is 15.6. The van der Waals surface area contributed by atoms with E-state index in [1.165, 1.54) is 12.1 Å². The smallest absolute Gasteiger partial charge is 0.407 e. The predicted octanol–water partition coefficient (Wildman–Crippen LogP) is 3.18. The molecule has 0 radical (unpaired) electrons. The molecule has 1 aromatic carbocycles. The van der Waals surface area contributed by atoms with Crippen molar-refractivity contribution in [2.75, 3.05) is 24.5 Å². The standard InChI is InChI=1S/C16H23FN2O2/c1-16(2,3)21-15(20)18-10-12-8-9-19(11-12)14-6-4-13(17)5-7-14/h4-7,12H,8-11H2,1-3H3,(H,18,20). The van der Waals surface area contributed by atoms with Crippen LogP contribution in [-0.4, -0.2) is 31.3 Å². The van der Waals surface area contributed by atoms with E-state index < -0.39 is 5.60 Å². The molecule has 1 atom stereocenters. The number of ether oxygens (including phenoxy) is 1. The van der Waals surface area contributed by atoms with E-state index >= 15 is 0 Å². The van der Waals surface area contributed by atoms with Crippen LogP contribution < -0.4 is 10.2 Å². The quantitative estimate of drug-likeness (QED) is 0.931. The Morgan fingerprint density at radius 3 is 2.67 bits per heavy atom. The Morgan fingerprint density at radius 2 is 2.05 bits per heavy atom. The molecule has 0 saturated carbocycles. The van der Waals surface area contributed by atoms with Gasteiger partial charge in [-0.25, -0.2) is 9.18 Å². The molecule has 4 nitrogen and oxygen atoms in total. The topological polar surface area (TPSA) is 41.6 Å². The summed E-state index contributed by atoms with van der Waals surface area (Å²) in [5, 5.41) is 2.81. The van der Waals surface area contributed by atoms with Crippen LogP contribution in [0.5, 0.6) is 0 Å². The molecule has 21 heavy (non-hydrogen) atoms. The molecular weight excluding hydrogens is 271 g/mol. The number of alkyl carbamates (subject to hydrolysis) is 1. The SMILES string of the molecule is CC(C)(C)OC(=O)NCC1CCN(c2ccc(F)cc2)C1. The lowest BCUT2D eigenvalue weighted by Gasteiger charge is -2.21. The van der Waals surface area contributed by atoms with Crippen molar-refractivity contribution < 1.29 is 13.9 Å². The van der Waals surface area contributed by atoms with E-state index in [-0.39, 0.29) is 11.9 Å². The van der Waals surface area contributed by atoms with Gasteiger partial charge in [0.2, 0.25) is 0 Å². The zero-order valence-corrected chi connectivity index (χ0v) is 12.9. The van der Waals surface area contributed by atoms with E-state index in [1.54, 1.807) is 12.1 Å². The van der Waals surface area contributed by atoms with E-state index in [1.807, 2.05) is 20.8 Å². The number of nitrogens with zero attached hydrogens (tertiary/aromatic N) is 1. The Kier molecular flexibility index (Phi) is 4.70. The van der Waals surface area contributed by atoms with Gasteiger partial charge in [0.25, 0.3) is 0 Å². The summed E-state index contributed by atoms with van der Waals surface area (Å²) in [5.74, 6) is 0.170. The Bertz CT molecular complexity index is 482.